The second-order valence-electron chi connectivity index (χ2n) is 3.06. The summed E-state index contributed by atoms with van der Waals surface area (Å²) in [4.78, 5) is 0. The number of rotatable bonds is 6. The third-order valence-corrected chi connectivity index (χ3v) is 4.43. The summed E-state index contributed by atoms with van der Waals surface area (Å²) in [5.74, 6) is 4.49. The zero-order valence-corrected chi connectivity index (χ0v) is 10.7. The van der Waals surface area contributed by atoms with Crippen LogP contribution in [0.1, 0.15) is 25.4 Å². The first-order valence-electron chi connectivity index (χ1n) is 5.04. The molecule has 0 atom stereocenters. The van der Waals surface area contributed by atoms with Gasteiger partial charge in [-0.25, -0.2) is 0 Å². The van der Waals surface area contributed by atoms with Gasteiger partial charge in [-0.3, -0.25) is 0 Å². The first-order valence-corrected chi connectivity index (χ1v) is 7.14. The molecule has 0 N–H and O–H groups in total. The van der Waals surface area contributed by atoms with Crippen LogP contribution >= 0.6 is 23.5 Å². The highest BCUT2D eigenvalue weighted by Crippen LogP contribution is 2.27. The first-order chi connectivity index (χ1) is 6.76. The van der Waals surface area contributed by atoms with Crippen molar-refractivity contribution in [1.82, 2.24) is 0 Å². The van der Waals surface area contributed by atoms with Gasteiger partial charge in [-0.1, -0.05) is 13.8 Å². The van der Waals surface area contributed by atoms with Crippen LogP contribution < -0.4 is 0 Å². The average molecular weight is 230 g/mol. The molecular weight excluding hydrogens is 212 g/mol. The third kappa shape index (κ3) is 4.01. The molecule has 0 amide bonds. The monoisotopic (exact) mass is 230 g/mol. The number of hydrogen-bond donors (Lipinski definition) is 0. The summed E-state index contributed by atoms with van der Waals surface area (Å²) in [6.45, 7) is 6.42. The predicted molar refractivity (Wildman–Crippen MR) is 67.2 cm³/mol. The van der Waals surface area contributed by atoms with Gasteiger partial charge < -0.3 is 4.42 Å². The average Bonchev–Trinajstić information content (AvgIpc) is 2.52. The van der Waals surface area contributed by atoms with Gasteiger partial charge in [-0.05, 0) is 30.6 Å². The fourth-order valence-electron chi connectivity index (χ4n) is 1.30. The van der Waals surface area contributed by atoms with Crippen molar-refractivity contribution in [3.8, 4) is 0 Å². The molecule has 1 heterocycles. The van der Waals surface area contributed by atoms with Crippen molar-refractivity contribution in [1.29, 1.82) is 0 Å². The molecule has 14 heavy (non-hydrogen) atoms. The standard InChI is InChI=1S/C11H18OS2/c1-4-13-11(14-5-2)8-10-7-6-9(3)12-10/h6-7,11H,4-5,8H2,1-3H3. The largest absolute Gasteiger partial charge is 0.466 e. The molecule has 1 aromatic rings. The highest BCUT2D eigenvalue weighted by molar-refractivity contribution is 8.16. The number of thioether (sulfide) groups is 2. The van der Waals surface area contributed by atoms with Gasteiger partial charge in [0.25, 0.3) is 0 Å². The zero-order valence-electron chi connectivity index (χ0n) is 9.08. The Morgan fingerprint density at radius 3 is 2.29 bits per heavy atom. The molecule has 0 aliphatic rings. The van der Waals surface area contributed by atoms with Gasteiger partial charge in [0.15, 0.2) is 0 Å². The van der Waals surface area contributed by atoms with E-state index in [4.69, 9.17) is 4.42 Å². The molecule has 0 aliphatic carbocycles. The molecule has 3 heteroatoms. The molecule has 1 nitrogen and oxygen atoms in total. The molecule has 0 fully saturated rings. The van der Waals surface area contributed by atoms with Crippen LogP contribution in [0.3, 0.4) is 0 Å². The van der Waals surface area contributed by atoms with Crippen LogP contribution in [0, 0.1) is 6.92 Å². The van der Waals surface area contributed by atoms with Crippen LogP contribution in [0.4, 0.5) is 0 Å². The molecule has 0 radical (unpaired) electrons. The SMILES string of the molecule is CCSC(Cc1ccc(C)o1)SCC. The fraction of sp³-hybridized carbons (Fsp3) is 0.636. The van der Waals surface area contributed by atoms with Crippen LogP contribution in [0.5, 0.6) is 0 Å². The van der Waals surface area contributed by atoms with E-state index in [2.05, 4.69) is 19.9 Å². The van der Waals surface area contributed by atoms with Crippen LogP contribution in [0.15, 0.2) is 16.5 Å². The molecular formula is C11H18OS2. The maximum absolute atomic E-state index is 5.58. The number of aryl methyl sites for hydroxylation is 1. The van der Waals surface area contributed by atoms with Crippen molar-refractivity contribution >= 4 is 23.5 Å². The topological polar surface area (TPSA) is 13.1 Å². The maximum atomic E-state index is 5.58. The van der Waals surface area contributed by atoms with Gasteiger partial charge in [0.2, 0.25) is 0 Å². The quantitative estimate of drug-likeness (QED) is 0.687. The Bertz CT molecular complexity index is 252. The Kier molecular flexibility index (Phi) is 5.56. The summed E-state index contributed by atoms with van der Waals surface area (Å²) in [5, 5.41) is 0. The van der Waals surface area contributed by atoms with Crippen molar-refractivity contribution in [3.05, 3.63) is 23.7 Å². The van der Waals surface area contributed by atoms with Crippen molar-refractivity contribution in [3.63, 3.8) is 0 Å². The molecule has 0 aromatic carbocycles. The lowest BCUT2D eigenvalue weighted by Gasteiger charge is -2.12. The van der Waals surface area contributed by atoms with E-state index in [0.29, 0.717) is 4.58 Å². The van der Waals surface area contributed by atoms with Gasteiger partial charge in [0.05, 0.1) is 4.58 Å². The Labute approximate surface area is 95.0 Å². The Balaban J connectivity index is 2.46. The summed E-state index contributed by atoms with van der Waals surface area (Å²) < 4.78 is 6.23. The van der Waals surface area contributed by atoms with Gasteiger partial charge >= 0.3 is 0 Å². The summed E-state index contributed by atoms with van der Waals surface area (Å²) in [6.07, 6.45) is 1.05. The number of furan rings is 1. The van der Waals surface area contributed by atoms with Crippen LogP contribution in [-0.4, -0.2) is 16.1 Å². The van der Waals surface area contributed by atoms with E-state index in [9.17, 15) is 0 Å². The molecule has 0 spiro atoms. The van der Waals surface area contributed by atoms with Crippen molar-refractivity contribution in [2.75, 3.05) is 11.5 Å². The smallest absolute Gasteiger partial charge is 0.106 e. The summed E-state index contributed by atoms with van der Waals surface area (Å²) in [6, 6.07) is 4.13. The minimum Gasteiger partial charge on any atom is -0.466 e. The van der Waals surface area contributed by atoms with E-state index in [1.165, 1.54) is 11.5 Å². The van der Waals surface area contributed by atoms with E-state index in [1.54, 1.807) is 0 Å². The lowest BCUT2D eigenvalue weighted by molar-refractivity contribution is 0.488. The van der Waals surface area contributed by atoms with Crippen LogP contribution in [-0.2, 0) is 6.42 Å². The Morgan fingerprint density at radius 1 is 1.21 bits per heavy atom. The van der Waals surface area contributed by atoms with Crippen LogP contribution in [0.2, 0.25) is 0 Å². The van der Waals surface area contributed by atoms with Gasteiger partial charge in [0.1, 0.15) is 11.5 Å². The second kappa shape index (κ2) is 6.46. The first kappa shape index (κ1) is 12.1. The second-order valence-corrected chi connectivity index (χ2v) is 6.31. The minimum absolute atomic E-state index is 0.649. The molecule has 80 valence electrons. The molecule has 0 unspecified atom stereocenters. The lowest BCUT2D eigenvalue weighted by Crippen LogP contribution is -2.02. The van der Waals surface area contributed by atoms with E-state index in [0.717, 1.165) is 17.9 Å². The highest BCUT2D eigenvalue weighted by atomic mass is 32.2. The fourth-order valence-corrected chi connectivity index (χ4v) is 3.81. The van der Waals surface area contributed by atoms with Gasteiger partial charge in [-0.15, -0.1) is 23.5 Å². The van der Waals surface area contributed by atoms with Gasteiger partial charge in [0, 0.05) is 6.42 Å². The normalized spacial score (nSPS) is 11.1. The zero-order chi connectivity index (χ0) is 10.4. The third-order valence-electron chi connectivity index (χ3n) is 1.87. The number of hydrogen-bond acceptors (Lipinski definition) is 3. The predicted octanol–water partition coefficient (Wildman–Crippen LogP) is 3.96. The molecule has 1 aromatic heterocycles. The Hall–Kier alpha value is -0.0200. The molecule has 0 saturated heterocycles. The van der Waals surface area contributed by atoms with E-state index >= 15 is 0 Å². The van der Waals surface area contributed by atoms with Crippen LogP contribution in [0.25, 0.3) is 0 Å². The Morgan fingerprint density at radius 2 is 1.86 bits per heavy atom. The van der Waals surface area contributed by atoms with Crippen molar-refractivity contribution in [2.45, 2.75) is 31.8 Å². The van der Waals surface area contributed by atoms with Crippen molar-refractivity contribution < 1.29 is 4.42 Å². The highest BCUT2D eigenvalue weighted by Gasteiger charge is 2.10. The molecule has 0 saturated carbocycles. The summed E-state index contributed by atoms with van der Waals surface area (Å²) in [5.41, 5.74) is 0. The lowest BCUT2D eigenvalue weighted by atomic mass is 10.3. The molecule has 0 aliphatic heterocycles. The molecule has 0 bridgehead atoms. The van der Waals surface area contributed by atoms with E-state index in [-0.39, 0.29) is 0 Å². The minimum atomic E-state index is 0.649. The van der Waals surface area contributed by atoms with E-state index in [1.807, 2.05) is 36.5 Å². The molecule has 1 rings (SSSR count). The van der Waals surface area contributed by atoms with E-state index < -0.39 is 0 Å². The summed E-state index contributed by atoms with van der Waals surface area (Å²) >= 11 is 4.02. The summed E-state index contributed by atoms with van der Waals surface area (Å²) in [7, 11) is 0. The van der Waals surface area contributed by atoms with Gasteiger partial charge in [-0.2, -0.15) is 0 Å². The van der Waals surface area contributed by atoms with Crippen molar-refractivity contribution in [2.24, 2.45) is 0 Å². The maximum Gasteiger partial charge on any atom is 0.106 e.